The Bertz CT molecular complexity index is 703. The van der Waals surface area contributed by atoms with Gasteiger partial charge in [0.1, 0.15) is 12.0 Å². The summed E-state index contributed by atoms with van der Waals surface area (Å²) in [5.41, 5.74) is 9.92. The van der Waals surface area contributed by atoms with Gasteiger partial charge in [-0.1, -0.05) is 6.07 Å². The molecular weight excluding hydrogens is 250 g/mol. The number of H-pyrrole nitrogens is 1. The molecule has 102 valence electrons. The van der Waals surface area contributed by atoms with Gasteiger partial charge in [-0.3, -0.25) is 5.10 Å². The van der Waals surface area contributed by atoms with Crippen LogP contribution in [-0.4, -0.2) is 26.2 Å². The minimum atomic E-state index is 0.219. The molecule has 2 heterocycles. The van der Waals surface area contributed by atoms with Gasteiger partial charge in [-0.25, -0.2) is 9.97 Å². The summed E-state index contributed by atoms with van der Waals surface area (Å²) in [5.74, 6) is 0. The molecule has 3 N–H and O–H groups in total. The lowest BCUT2D eigenvalue weighted by Crippen LogP contribution is -2.15. The fourth-order valence-electron chi connectivity index (χ4n) is 2.25. The van der Waals surface area contributed by atoms with Gasteiger partial charge < -0.3 is 5.73 Å². The summed E-state index contributed by atoms with van der Waals surface area (Å²) >= 11 is 0. The maximum Gasteiger partial charge on any atom is 0.115 e. The molecule has 2 aromatic heterocycles. The SMILES string of the molecule is C[C@H](N)CCc1ccc2[nH]nc(-c3cncnc3)c2c1. The average Bonchev–Trinajstić information content (AvgIpc) is 2.89. The molecule has 3 rings (SSSR count). The van der Waals surface area contributed by atoms with Crippen LogP contribution >= 0.6 is 0 Å². The van der Waals surface area contributed by atoms with Crippen molar-refractivity contribution in [2.24, 2.45) is 5.73 Å². The molecule has 5 nitrogen and oxygen atoms in total. The second-order valence-electron chi connectivity index (χ2n) is 5.10. The van der Waals surface area contributed by atoms with E-state index < -0.39 is 0 Å². The highest BCUT2D eigenvalue weighted by molar-refractivity contribution is 5.92. The maximum atomic E-state index is 5.82. The summed E-state index contributed by atoms with van der Waals surface area (Å²) in [6.45, 7) is 2.03. The van der Waals surface area contributed by atoms with Crippen molar-refractivity contribution in [1.29, 1.82) is 0 Å². The van der Waals surface area contributed by atoms with Crippen LogP contribution in [-0.2, 0) is 6.42 Å². The molecule has 0 spiro atoms. The van der Waals surface area contributed by atoms with E-state index in [1.54, 1.807) is 12.4 Å². The van der Waals surface area contributed by atoms with Gasteiger partial charge >= 0.3 is 0 Å². The predicted octanol–water partition coefficient (Wildman–Crippen LogP) is 2.30. The first-order valence-corrected chi connectivity index (χ1v) is 6.72. The fourth-order valence-corrected chi connectivity index (χ4v) is 2.25. The minimum absolute atomic E-state index is 0.219. The lowest BCUT2D eigenvalue weighted by Gasteiger charge is -2.05. The smallest absolute Gasteiger partial charge is 0.115 e. The van der Waals surface area contributed by atoms with Gasteiger partial charge in [0.05, 0.1) is 5.52 Å². The minimum Gasteiger partial charge on any atom is -0.328 e. The zero-order valence-corrected chi connectivity index (χ0v) is 11.4. The quantitative estimate of drug-likeness (QED) is 0.760. The first-order valence-electron chi connectivity index (χ1n) is 6.72. The molecule has 5 heteroatoms. The zero-order valence-electron chi connectivity index (χ0n) is 11.4. The van der Waals surface area contributed by atoms with Crippen LogP contribution in [0.3, 0.4) is 0 Å². The van der Waals surface area contributed by atoms with E-state index in [2.05, 4.69) is 38.4 Å². The topological polar surface area (TPSA) is 80.5 Å². The fraction of sp³-hybridized carbons (Fsp3) is 0.267. The molecule has 0 saturated carbocycles. The number of nitrogens with one attached hydrogen (secondary N) is 1. The number of hydrogen-bond donors (Lipinski definition) is 2. The highest BCUT2D eigenvalue weighted by Gasteiger charge is 2.09. The Morgan fingerprint density at radius 2 is 2.05 bits per heavy atom. The normalized spacial score (nSPS) is 12.7. The Morgan fingerprint density at radius 1 is 1.25 bits per heavy atom. The Labute approximate surface area is 117 Å². The molecular formula is C15H17N5. The lowest BCUT2D eigenvalue weighted by atomic mass is 10.0. The number of nitrogens with zero attached hydrogens (tertiary/aromatic N) is 3. The number of hydrogen-bond acceptors (Lipinski definition) is 4. The van der Waals surface area contributed by atoms with E-state index >= 15 is 0 Å². The van der Waals surface area contributed by atoms with Crippen LogP contribution < -0.4 is 5.73 Å². The Hall–Kier alpha value is -2.27. The number of nitrogens with two attached hydrogens (primary N) is 1. The van der Waals surface area contributed by atoms with Crippen molar-refractivity contribution in [2.75, 3.05) is 0 Å². The molecule has 3 aromatic rings. The average molecular weight is 267 g/mol. The van der Waals surface area contributed by atoms with Gasteiger partial charge in [-0.05, 0) is 37.5 Å². The van der Waals surface area contributed by atoms with E-state index in [1.165, 1.54) is 11.9 Å². The Morgan fingerprint density at radius 3 is 2.80 bits per heavy atom. The van der Waals surface area contributed by atoms with Crippen molar-refractivity contribution in [3.05, 3.63) is 42.5 Å². The summed E-state index contributed by atoms with van der Waals surface area (Å²) in [5, 5.41) is 8.52. The molecule has 0 aliphatic heterocycles. The van der Waals surface area contributed by atoms with Crippen LogP contribution in [0.15, 0.2) is 36.9 Å². The monoisotopic (exact) mass is 267 g/mol. The highest BCUT2D eigenvalue weighted by atomic mass is 15.1. The summed E-state index contributed by atoms with van der Waals surface area (Å²) < 4.78 is 0. The molecule has 20 heavy (non-hydrogen) atoms. The summed E-state index contributed by atoms with van der Waals surface area (Å²) in [6, 6.07) is 6.57. The van der Waals surface area contributed by atoms with Crippen LogP contribution in [0.4, 0.5) is 0 Å². The zero-order chi connectivity index (χ0) is 13.9. The van der Waals surface area contributed by atoms with E-state index in [-0.39, 0.29) is 6.04 Å². The van der Waals surface area contributed by atoms with Crippen LogP contribution in [0.25, 0.3) is 22.2 Å². The third-order valence-electron chi connectivity index (χ3n) is 3.35. The molecule has 0 unspecified atom stereocenters. The van der Waals surface area contributed by atoms with Gasteiger partial charge in [-0.2, -0.15) is 5.10 Å². The van der Waals surface area contributed by atoms with Crippen molar-refractivity contribution in [3.8, 4) is 11.3 Å². The largest absolute Gasteiger partial charge is 0.328 e. The first kappa shape index (κ1) is 12.7. The van der Waals surface area contributed by atoms with Gasteiger partial charge in [0.15, 0.2) is 0 Å². The van der Waals surface area contributed by atoms with E-state index in [4.69, 9.17) is 5.73 Å². The number of aryl methyl sites for hydroxylation is 1. The third kappa shape index (κ3) is 2.53. The Kier molecular flexibility index (Phi) is 3.43. The van der Waals surface area contributed by atoms with Crippen molar-refractivity contribution in [2.45, 2.75) is 25.8 Å². The van der Waals surface area contributed by atoms with Gasteiger partial charge in [-0.15, -0.1) is 0 Å². The molecule has 0 aliphatic rings. The van der Waals surface area contributed by atoms with E-state index in [0.717, 1.165) is 35.0 Å². The number of aromatic amines is 1. The van der Waals surface area contributed by atoms with E-state index in [0.29, 0.717) is 0 Å². The molecule has 1 atom stereocenters. The summed E-state index contributed by atoms with van der Waals surface area (Å²) in [7, 11) is 0. The van der Waals surface area contributed by atoms with E-state index in [9.17, 15) is 0 Å². The van der Waals surface area contributed by atoms with Crippen molar-refractivity contribution in [1.82, 2.24) is 20.2 Å². The van der Waals surface area contributed by atoms with Crippen LogP contribution in [0.1, 0.15) is 18.9 Å². The van der Waals surface area contributed by atoms with Gasteiger partial charge in [0.2, 0.25) is 0 Å². The molecule has 0 fully saturated rings. The second kappa shape index (κ2) is 5.38. The van der Waals surface area contributed by atoms with E-state index in [1.807, 2.05) is 6.92 Å². The molecule has 0 bridgehead atoms. The molecule has 1 aromatic carbocycles. The molecule has 0 radical (unpaired) electrons. The molecule has 0 aliphatic carbocycles. The third-order valence-corrected chi connectivity index (χ3v) is 3.35. The van der Waals surface area contributed by atoms with Crippen LogP contribution in [0, 0.1) is 0 Å². The first-order chi connectivity index (χ1) is 9.74. The summed E-state index contributed by atoms with van der Waals surface area (Å²) in [6.07, 6.45) is 7.03. The second-order valence-corrected chi connectivity index (χ2v) is 5.10. The lowest BCUT2D eigenvalue weighted by molar-refractivity contribution is 0.666. The number of fused-ring (bicyclic) bond motifs is 1. The standard InChI is InChI=1S/C15H17N5/c1-10(16)2-3-11-4-5-14-13(6-11)15(20-19-14)12-7-17-9-18-8-12/h4-10H,2-3,16H2,1H3,(H,19,20)/t10-/m0/s1. The van der Waals surface area contributed by atoms with Crippen LogP contribution in [0.5, 0.6) is 0 Å². The number of rotatable bonds is 4. The van der Waals surface area contributed by atoms with Crippen molar-refractivity contribution >= 4 is 10.9 Å². The van der Waals surface area contributed by atoms with Crippen molar-refractivity contribution < 1.29 is 0 Å². The predicted molar refractivity (Wildman–Crippen MR) is 79.1 cm³/mol. The van der Waals surface area contributed by atoms with Gasteiger partial charge in [0, 0.05) is 29.4 Å². The van der Waals surface area contributed by atoms with Gasteiger partial charge in [0.25, 0.3) is 0 Å². The number of benzene rings is 1. The Balaban J connectivity index is 2.00. The van der Waals surface area contributed by atoms with Crippen LogP contribution in [0.2, 0.25) is 0 Å². The molecule has 0 saturated heterocycles. The van der Waals surface area contributed by atoms with Crippen molar-refractivity contribution in [3.63, 3.8) is 0 Å². The molecule has 0 amide bonds. The number of aromatic nitrogens is 4. The summed E-state index contributed by atoms with van der Waals surface area (Å²) in [4.78, 5) is 8.10. The maximum absolute atomic E-state index is 5.82. The highest BCUT2D eigenvalue weighted by Crippen LogP contribution is 2.26.